The van der Waals surface area contributed by atoms with Crippen molar-refractivity contribution in [2.24, 2.45) is 9.98 Å². The van der Waals surface area contributed by atoms with Crippen molar-refractivity contribution in [1.29, 1.82) is 0 Å². The predicted molar refractivity (Wildman–Crippen MR) is 114 cm³/mol. The van der Waals surface area contributed by atoms with Crippen molar-refractivity contribution in [3.63, 3.8) is 0 Å². The molecule has 4 aliphatic rings. The third-order valence-electron chi connectivity index (χ3n) is 5.44. The number of benzene rings is 1. The molecule has 1 N–H and O–H groups in total. The highest BCUT2D eigenvalue weighted by molar-refractivity contribution is 8.09. The van der Waals surface area contributed by atoms with Crippen LogP contribution in [0, 0.1) is 0 Å². The lowest BCUT2D eigenvalue weighted by molar-refractivity contribution is 0.0729. The summed E-state index contributed by atoms with van der Waals surface area (Å²) >= 11 is 1.86. The molecule has 2 atom stereocenters. The van der Waals surface area contributed by atoms with Gasteiger partial charge in [0, 0.05) is 17.9 Å². The molecule has 1 aromatic carbocycles. The third-order valence-corrected chi connectivity index (χ3v) is 6.82. The second kappa shape index (κ2) is 7.51. The van der Waals surface area contributed by atoms with Crippen molar-refractivity contribution >= 4 is 28.8 Å². The van der Waals surface area contributed by atoms with Gasteiger partial charge in [0.2, 0.25) is 6.79 Å². The van der Waals surface area contributed by atoms with Gasteiger partial charge in [-0.3, -0.25) is 4.99 Å². The summed E-state index contributed by atoms with van der Waals surface area (Å²) in [5.41, 5.74) is 3.96. The molecular weight excluding hydrogens is 370 g/mol. The molecule has 144 valence electrons. The van der Waals surface area contributed by atoms with Crippen LogP contribution in [-0.4, -0.2) is 36.8 Å². The van der Waals surface area contributed by atoms with E-state index < -0.39 is 0 Å². The topological polar surface area (TPSA) is 55.2 Å². The Morgan fingerprint density at radius 2 is 2.21 bits per heavy atom. The van der Waals surface area contributed by atoms with Crippen LogP contribution in [-0.2, 0) is 15.9 Å². The van der Waals surface area contributed by atoms with Crippen molar-refractivity contribution in [2.75, 3.05) is 13.3 Å². The van der Waals surface area contributed by atoms with E-state index in [2.05, 4.69) is 58.6 Å². The van der Waals surface area contributed by atoms with E-state index in [1.54, 1.807) is 6.34 Å². The number of nitrogens with one attached hydrogen (secondary N) is 1. The van der Waals surface area contributed by atoms with Gasteiger partial charge in [0.15, 0.2) is 5.76 Å². The van der Waals surface area contributed by atoms with Crippen LogP contribution in [0.15, 0.2) is 63.5 Å². The fourth-order valence-corrected chi connectivity index (χ4v) is 5.14. The molecule has 0 bridgehead atoms. The maximum absolute atomic E-state index is 5.52. The van der Waals surface area contributed by atoms with Crippen LogP contribution in [0.3, 0.4) is 0 Å². The molecule has 3 aliphatic heterocycles. The summed E-state index contributed by atoms with van der Waals surface area (Å²) in [6.07, 6.45) is 9.03. The minimum atomic E-state index is 0.145. The predicted octanol–water partition coefficient (Wildman–Crippen LogP) is 4.04. The fourth-order valence-electron chi connectivity index (χ4n) is 3.84. The van der Waals surface area contributed by atoms with Crippen LogP contribution in [0.5, 0.6) is 0 Å². The number of aryl methyl sites for hydroxylation is 1. The molecular formula is C22H23N3O2S. The normalized spacial score (nSPS) is 25.2. The van der Waals surface area contributed by atoms with Gasteiger partial charge in [0.1, 0.15) is 17.9 Å². The summed E-state index contributed by atoms with van der Waals surface area (Å²) in [6, 6.07) is 8.94. The van der Waals surface area contributed by atoms with Gasteiger partial charge in [-0.05, 0) is 41.7 Å². The molecule has 5 rings (SSSR count). The molecule has 3 heterocycles. The Hall–Kier alpha value is -2.47. The molecule has 0 aromatic heterocycles. The molecule has 1 aromatic rings. The number of hydrogen-bond donors (Lipinski definition) is 1. The monoisotopic (exact) mass is 393 g/mol. The van der Waals surface area contributed by atoms with E-state index in [0.717, 1.165) is 43.2 Å². The van der Waals surface area contributed by atoms with E-state index in [0.29, 0.717) is 6.79 Å². The maximum atomic E-state index is 5.52. The number of amidine groups is 1. The zero-order valence-electron chi connectivity index (χ0n) is 15.9. The van der Waals surface area contributed by atoms with Crippen molar-refractivity contribution in [3.8, 4) is 0 Å². The molecule has 0 amide bonds. The van der Waals surface area contributed by atoms with Crippen molar-refractivity contribution in [2.45, 2.75) is 37.5 Å². The lowest BCUT2D eigenvalue weighted by atomic mass is 10.0. The number of allylic oxidation sites excluding steroid dienone is 2. The standard InChI is InChI=1S/C22H23N3O2S/c1-2-14-4-3-5-16(8-14)20-10-17-21(28-20)22(25-12-24-17)23-11-15-6-7-18-19(9-15)27-13-26-18/h3-5,8-10,12,17,21H,2,6-7,11,13H2,1H3,(H,23,24,25). The second-order valence-electron chi connectivity index (χ2n) is 7.24. The van der Waals surface area contributed by atoms with Crippen molar-refractivity contribution < 1.29 is 9.47 Å². The number of ether oxygens (including phenoxy) is 2. The Labute approximate surface area is 169 Å². The molecule has 0 saturated heterocycles. The average Bonchev–Trinajstić information content (AvgIpc) is 3.39. The highest BCUT2D eigenvalue weighted by Gasteiger charge is 2.34. The number of hydrogen-bond acceptors (Lipinski definition) is 6. The second-order valence-corrected chi connectivity index (χ2v) is 8.43. The summed E-state index contributed by atoms with van der Waals surface area (Å²) in [6.45, 7) is 3.31. The lowest BCUT2D eigenvalue weighted by Crippen LogP contribution is -2.40. The zero-order chi connectivity index (χ0) is 18.9. The van der Waals surface area contributed by atoms with Gasteiger partial charge < -0.3 is 14.8 Å². The van der Waals surface area contributed by atoms with Crippen LogP contribution in [0.1, 0.15) is 30.9 Å². The number of thioether (sulfide) groups is 1. The quantitative estimate of drug-likeness (QED) is 0.839. The van der Waals surface area contributed by atoms with Gasteiger partial charge in [-0.15, -0.1) is 11.8 Å². The summed E-state index contributed by atoms with van der Waals surface area (Å²) in [7, 11) is 0. The van der Waals surface area contributed by atoms with E-state index in [4.69, 9.17) is 9.47 Å². The molecule has 0 radical (unpaired) electrons. The highest BCUT2D eigenvalue weighted by Crippen LogP contribution is 2.42. The molecule has 0 spiro atoms. The molecule has 0 fully saturated rings. The minimum absolute atomic E-state index is 0.145. The SMILES string of the molecule is CCc1cccc(C2=CC3N=CN=C(NCC4=CC5=C(CC4)OCO5)C3S2)c1. The number of rotatable bonds is 4. The van der Waals surface area contributed by atoms with Crippen molar-refractivity contribution in [3.05, 3.63) is 64.6 Å². The van der Waals surface area contributed by atoms with Gasteiger partial charge in [0.25, 0.3) is 0 Å². The number of nitrogens with zero attached hydrogens (tertiary/aromatic N) is 2. The third kappa shape index (κ3) is 3.37. The van der Waals surface area contributed by atoms with E-state index >= 15 is 0 Å². The lowest BCUT2D eigenvalue weighted by Gasteiger charge is -2.23. The number of fused-ring (bicyclic) bond motifs is 1. The molecule has 28 heavy (non-hydrogen) atoms. The summed E-state index contributed by atoms with van der Waals surface area (Å²) in [4.78, 5) is 10.4. The highest BCUT2D eigenvalue weighted by atomic mass is 32.2. The Morgan fingerprint density at radius 3 is 3.14 bits per heavy atom. The van der Waals surface area contributed by atoms with Crippen LogP contribution in [0.2, 0.25) is 0 Å². The van der Waals surface area contributed by atoms with Crippen LogP contribution >= 0.6 is 11.8 Å². The molecule has 5 nitrogen and oxygen atoms in total. The average molecular weight is 394 g/mol. The smallest absolute Gasteiger partial charge is 0.230 e. The van der Waals surface area contributed by atoms with E-state index in [1.807, 2.05) is 11.8 Å². The minimum Gasteiger partial charge on any atom is -0.458 e. The Balaban J connectivity index is 1.27. The van der Waals surface area contributed by atoms with Crippen LogP contribution in [0.25, 0.3) is 4.91 Å². The van der Waals surface area contributed by atoms with Gasteiger partial charge in [-0.1, -0.05) is 31.2 Å². The molecule has 1 aliphatic carbocycles. The van der Waals surface area contributed by atoms with Gasteiger partial charge in [-0.25, -0.2) is 4.99 Å². The van der Waals surface area contributed by atoms with E-state index in [1.165, 1.54) is 21.6 Å². The van der Waals surface area contributed by atoms with E-state index in [-0.39, 0.29) is 11.3 Å². The number of aliphatic imine (C=N–C) groups is 2. The van der Waals surface area contributed by atoms with Crippen molar-refractivity contribution in [1.82, 2.24) is 5.32 Å². The largest absolute Gasteiger partial charge is 0.458 e. The molecule has 6 heteroatoms. The van der Waals surface area contributed by atoms with Gasteiger partial charge in [0.05, 0.1) is 11.3 Å². The maximum Gasteiger partial charge on any atom is 0.230 e. The van der Waals surface area contributed by atoms with E-state index in [9.17, 15) is 0 Å². The summed E-state index contributed by atoms with van der Waals surface area (Å²) in [5.74, 6) is 2.88. The van der Waals surface area contributed by atoms with Gasteiger partial charge >= 0.3 is 0 Å². The molecule has 2 unspecified atom stereocenters. The molecule has 0 saturated carbocycles. The summed E-state index contributed by atoms with van der Waals surface area (Å²) < 4.78 is 11.0. The zero-order valence-corrected chi connectivity index (χ0v) is 16.7. The van der Waals surface area contributed by atoms with Crippen LogP contribution < -0.4 is 5.32 Å². The fraction of sp³-hybridized carbons (Fsp3) is 0.364. The first-order valence-corrected chi connectivity index (χ1v) is 10.7. The van der Waals surface area contributed by atoms with Gasteiger partial charge in [-0.2, -0.15) is 0 Å². The Morgan fingerprint density at radius 1 is 1.25 bits per heavy atom. The first-order chi connectivity index (χ1) is 13.8. The first-order valence-electron chi connectivity index (χ1n) is 9.79. The first kappa shape index (κ1) is 17.6. The Bertz CT molecular complexity index is 945. The Kier molecular flexibility index (Phi) is 4.72. The summed E-state index contributed by atoms with van der Waals surface area (Å²) in [5, 5.41) is 3.77. The van der Waals surface area contributed by atoms with Crippen LogP contribution in [0.4, 0.5) is 0 Å².